The van der Waals surface area contributed by atoms with Crippen LogP contribution in [0.3, 0.4) is 0 Å². The van der Waals surface area contributed by atoms with Crippen molar-refractivity contribution in [3.63, 3.8) is 0 Å². The number of hydrogen-bond donors (Lipinski definition) is 0. The lowest BCUT2D eigenvalue weighted by Crippen LogP contribution is -2.10. The van der Waals surface area contributed by atoms with Crippen LogP contribution in [0.15, 0.2) is 12.1 Å². The van der Waals surface area contributed by atoms with E-state index in [2.05, 4.69) is 4.98 Å². The van der Waals surface area contributed by atoms with Gasteiger partial charge in [0.25, 0.3) is 0 Å². The molecular weight excluding hydrogens is 249 g/mol. The summed E-state index contributed by atoms with van der Waals surface area (Å²) in [6.45, 7) is 3.94. The molecule has 0 amide bonds. The normalized spacial score (nSPS) is 10.2. The van der Waals surface area contributed by atoms with Crippen LogP contribution in [0.4, 0.5) is 28.6 Å². The van der Waals surface area contributed by atoms with Crippen LogP contribution in [0.25, 0.3) is 4.98 Å². The molecule has 1 aromatic carbocycles. The number of diazo groups is 1. The van der Waals surface area contributed by atoms with Crippen molar-refractivity contribution in [2.45, 2.75) is 13.8 Å². The average molecular weight is 263 g/mol. The van der Waals surface area contributed by atoms with Gasteiger partial charge < -0.3 is 22.2 Å². The average Bonchev–Trinajstić information content (AvgIpc) is 2.18. The molecule has 8 heteroatoms. The van der Waals surface area contributed by atoms with Gasteiger partial charge in [0.15, 0.2) is 4.98 Å². The highest BCUT2D eigenvalue weighted by Crippen LogP contribution is 2.27. The predicted octanol–water partition coefficient (Wildman–Crippen LogP) is 4.15. The van der Waals surface area contributed by atoms with E-state index in [-0.39, 0.29) is 0 Å². The molecule has 0 aromatic heterocycles. The van der Waals surface area contributed by atoms with E-state index in [0.29, 0.717) is 5.69 Å². The van der Waals surface area contributed by atoms with Gasteiger partial charge in [-0.15, -0.1) is 0 Å². The molecule has 18 heavy (non-hydrogen) atoms. The molecule has 1 rings (SSSR count). The fraction of sp³-hybridized carbons (Fsp3) is 0.400. The van der Waals surface area contributed by atoms with Crippen LogP contribution in [0, 0.1) is 19.2 Å². The topological polar surface area (TPSA) is 31.4 Å². The molecule has 0 atom stereocenters. The Labute approximate surface area is 103 Å². The van der Waals surface area contributed by atoms with Crippen molar-refractivity contribution in [1.82, 2.24) is 0 Å². The first-order valence-corrected chi connectivity index (χ1v) is 5.07. The third kappa shape index (κ3) is 6.08. The van der Waals surface area contributed by atoms with Crippen LogP contribution >= 0.6 is 0 Å². The molecule has 0 saturated heterocycles. The van der Waals surface area contributed by atoms with Gasteiger partial charge in [-0.05, 0) is 25.5 Å². The van der Waals surface area contributed by atoms with E-state index in [1.165, 1.54) is 0 Å². The van der Waals surface area contributed by atoms with Gasteiger partial charge in [-0.3, -0.25) is 0 Å². The first-order valence-electron chi connectivity index (χ1n) is 5.07. The summed E-state index contributed by atoms with van der Waals surface area (Å²) in [5.74, 6) is 0. The van der Waals surface area contributed by atoms with Crippen molar-refractivity contribution in [1.29, 1.82) is 5.39 Å². The van der Waals surface area contributed by atoms with Gasteiger partial charge in [0.1, 0.15) is 0 Å². The Balaban J connectivity index is 0.000000494. The third-order valence-electron chi connectivity index (χ3n) is 2.10. The summed E-state index contributed by atoms with van der Waals surface area (Å²) in [6.07, 6.45) is 0. The third-order valence-corrected chi connectivity index (χ3v) is 2.10. The smallest absolute Gasteiger partial charge is 0.418 e. The SMILES string of the molecule is Cc1cc(N(C)C)c(C)cc1[N+]#N.F[B-](F)(F)F. The molecular formula is C10H14BF4N3. The van der Waals surface area contributed by atoms with Crippen LogP contribution in [0.1, 0.15) is 11.1 Å². The second-order valence-corrected chi connectivity index (χ2v) is 3.91. The van der Waals surface area contributed by atoms with Crippen molar-refractivity contribution >= 4 is 18.6 Å². The van der Waals surface area contributed by atoms with Crippen molar-refractivity contribution in [3.8, 4) is 0 Å². The molecule has 0 fully saturated rings. The minimum atomic E-state index is -6.00. The number of hydrogen-bond acceptors (Lipinski definition) is 2. The fourth-order valence-electron chi connectivity index (χ4n) is 1.38. The number of anilines is 1. The maximum atomic E-state index is 9.75. The number of halogens is 4. The van der Waals surface area contributed by atoms with Gasteiger partial charge in [-0.1, -0.05) is 0 Å². The second kappa shape index (κ2) is 6.24. The quantitative estimate of drug-likeness (QED) is 0.433. The van der Waals surface area contributed by atoms with Gasteiger partial charge in [0, 0.05) is 31.4 Å². The number of rotatable bonds is 1. The number of benzene rings is 1. The highest BCUT2D eigenvalue weighted by molar-refractivity contribution is 6.50. The molecule has 0 N–H and O–H groups in total. The lowest BCUT2D eigenvalue weighted by atomic mass is 10.1. The maximum absolute atomic E-state index is 9.75. The first kappa shape index (κ1) is 16.2. The van der Waals surface area contributed by atoms with E-state index in [0.717, 1.165) is 16.8 Å². The highest BCUT2D eigenvalue weighted by Gasteiger charge is 2.20. The van der Waals surface area contributed by atoms with Crippen molar-refractivity contribution in [2.75, 3.05) is 19.0 Å². The fourth-order valence-corrected chi connectivity index (χ4v) is 1.38. The summed E-state index contributed by atoms with van der Waals surface area (Å²) in [6, 6.07) is 3.90. The monoisotopic (exact) mass is 263 g/mol. The Morgan fingerprint density at radius 3 is 1.83 bits per heavy atom. The van der Waals surface area contributed by atoms with E-state index >= 15 is 0 Å². The van der Waals surface area contributed by atoms with Gasteiger partial charge in [-0.2, -0.15) is 0 Å². The molecule has 0 saturated carbocycles. The van der Waals surface area contributed by atoms with E-state index in [1.54, 1.807) is 0 Å². The molecule has 0 radical (unpaired) electrons. The van der Waals surface area contributed by atoms with Crippen LogP contribution in [0.2, 0.25) is 0 Å². The molecule has 100 valence electrons. The maximum Gasteiger partial charge on any atom is 0.673 e. The summed E-state index contributed by atoms with van der Waals surface area (Å²) in [7, 11) is -2.00. The van der Waals surface area contributed by atoms with E-state index in [1.807, 2.05) is 45.0 Å². The largest absolute Gasteiger partial charge is 0.673 e. The number of nitrogens with zero attached hydrogens (tertiary/aromatic N) is 3. The van der Waals surface area contributed by atoms with Crippen LogP contribution in [0.5, 0.6) is 0 Å². The minimum absolute atomic E-state index is 0.642. The molecule has 0 heterocycles. The molecule has 0 aliphatic heterocycles. The van der Waals surface area contributed by atoms with Gasteiger partial charge in [-0.25, -0.2) is 0 Å². The standard InChI is InChI=1S/C10H14N3.BF4/c1-7-6-10(13(3)4)8(2)5-9(7)12-11;2-1(3,4)5/h5-6H,1-4H3;/q+1;-1. The zero-order valence-corrected chi connectivity index (χ0v) is 10.6. The van der Waals surface area contributed by atoms with Crippen LogP contribution < -0.4 is 4.90 Å². The molecule has 1 aromatic rings. The highest BCUT2D eigenvalue weighted by atomic mass is 19.5. The Bertz CT molecular complexity index is 446. The van der Waals surface area contributed by atoms with Crippen molar-refractivity contribution in [2.24, 2.45) is 0 Å². The predicted molar refractivity (Wildman–Crippen MR) is 65.2 cm³/mol. The summed E-state index contributed by atoms with van der Waals surface area (Å²) in [4.78, 5) is 5.26. The van der Waals surface area contributed by atoms with Crippen LogP contribution in [-0.4, -0.2) is 21.3 Å². The Hall–Kier alpha value is -1.78. The first-order chi connectivity index (χ1) is 8.06. The summed E-state index contributed by atoms with van der Waals surface area (Å²) in [5, 5.41) is 8.68. The van der Waals surface area contributed by atoms with Crippen LogP contribution in [-0.2, 0) is 0 Å². The second-order valence-electron chi connectivity index (χ2n) is 3.91. The van der Waals surface area contributed by atoms with Gasteiger partial charge >= 0.3 is 12.9 Å². The van der Waals surface area contributed by atoms with Gasteiger partial charge in [0.05, 0.1) is 0 Å². The van der Waals surface area contributed by atoms with E-state index in [9.17, 15) is 17.3 Å². The molecule has 0 spiro atoms. The van der Waals surface area contributed by atoms with E-state index in [4.69, 9.17) is 5.39 Å². The Kier molecular flexibility index (Phi) is 5.62. The summed E-state index contributed by atoms with van der Waals surface area (Å²) in [5.41, 5.74) is 3.90. The molecule has 0 bridgehead atoms. The summed E-state index contributed by atoms with van der Waals surface area (Å²) >= 11 is 0. The van der Waals surface area contributed by atoms with E-state index < -0.39 is 7.25 Å². The Morgan fingerprint density at radius 1 is 1.06 bits per heavy atom. The molecule has 0 aliphatic carbocycles. The Morgan fingerprint density at radius 2 is 1.50 bits per heavy atom. The molecule has 0 aliphatic rings. The molecule has 0 unspecified atom stereocenters. The number of aryl methyl sites for hydroxylation is 2. The zero-order chi connectivity index (χ0) is 14.5. The lowest BCUT2D eigenvalue weighted by molar-refractivity contribution is 0.368. The molecule has 3 nitrogen and oxygen atoms in total. The minimum Gasteiger partial charge on any atom is -0.418 e. The van der Waals surface area contributed by atoms with Crippen molar-refractivity contribution in [3.05, 3.63) is 28.2 Å². The summed E-state index contributed by atoms with van der Waals surface area (Å²) < 4.78 is 39.0. The van der Waals surface area contributed by atoms with Gasteiger partial charge in [0.2, 0.25) is 5.39 Å². The lowest BCUT2D eigenvalue weighted by Gasteiger charge is -2.14. The van der Waals surface area contributed by atoms with Crippen molar-refractivity contribution < 1.29 is 17.3 Å². The zero-order valence-electron chi connectivity index (χ0n) is 10.6.